The van der Waals surface area contributed by atoms with E-state index < -0.39 is 4.92 Å². The van der Waals surface area contributed by atoms with E-state index in [9.17, 15) is 14.9 Å². The largest absolute Gasteiger partial charge is 0.322 e. The van der Waals surface area contributed by atoms with Gasteiger partial charge in [-0.05, 0) is 17.5 Å². The number of carbonyl (C=O) groups excluding carboxylic acids is 1. The van der Waals surface area contributed by atoms with Crippen molar-refractivity contribution in [1.82, 2.24) is 19.5 Å². The highest BCUT2D eigenvalue weighted by atomic mass is 32.2. The van der Waals surface area contributed by atoms with Crippen LogP contribution >= 0.6 is 23.1 Å². The van der Waals surface area contributed by atoms with Crippen molar-refractivity contribution in [3.8, 4) is 11.3 Å². The molecule has 0 saturated heterocycles. The second-order valence-electron chi connectivity index (χ2n) is 6.32. The lowest BCUT2D eigenvalue weighted by Crippen LogP contribution is -2.24. The topological polar surface area (TPSA) is 118 Å². The van der Waals surface area contributed by atoms with Gasteiger partial charge in [-0.15, -0.1) is 16.4 Å². The molecule has 2 aliphatic rings. The first-order valence-electron chi connectivity index (χ1n) is 8.65. The molecule has 0 fully saturated rings. The fourth-order valence-electron chi connectivity index (χ4n) is 3.14. The van der Waals surface area contributed by atoms with Crippen LogP contribution in [0.4, 0.5) is 11.6 Å². The Labute approximate surface area is 172 Å². The normalized spacial score (nSPS) is 15.4. The van der Waals surface area contributed by atoms with E-state index >= 15 is 0 Å². The minimum atomic E-state index is -0.439. The van der Waals surface area contributed by atoms with Crippen LogP contribution in [0, 0.1) is 10.1 Å². The highest BCUT2D eigenvalue weighted by Crippen LogP contribution is 2.31. The average Bonchev–Trinajstić information content (AvgIpc) is 3.44. The fourth-order valence-corrected chi connectivity index (χ4v) is 4.92. The van der Waals surface area contributed by atoms with Gasteiger partial charge in [0.25, 0.3) is 5.69 Å². The standard InChI is InChI=1S/C17H13N7O3S2/c25-14(7-12-8-28-16-18-5-6-22(12)16)19-15-20-17-23(21-15)13(9-29-17)10-1-3-11(4-2-10)24(26)27/h1-4,8-9H,5-7H2,(H,19,21,25). The van der Waals surface area contributed by atoms with Crippen molar-refractivity contribution in [3.05, 3.63) is 50.9 Å². The van der Waals surface area contributed by atoms with Crippen molar-refractivity contribution in [2.24, 2.45) is 4.99 Å². The zero-order valence-corrected chi connectivity index (χ0v) is 16.4. The number of carbonyl (C=O) groups is 1. The molecule has 0 aliphatic carbocycles. The molecule has 1 amide bonds. The van der Waals surface area contributed by atoms with E-state index in [4.69, 9.17) is 0 Å². The van der Waals surface area contributed by atoms with Crippen LogP contribution in [0.15, 0.2) is 45.7 Å². The van der Waals surface area contributed by atoms with Crippen molar-refractivity contribution in [2.75, 3.05) is 18.4 Å². The Bertz CT molecular complexity index is 1200. The van der Waals surface area contributed by atoms with Gasteiger partial charge in [0, 0.05) is 35.3 Å². The molecule has 0 unspecified atom stereocenters. The number of fused-ring (bicyclic) bond motifs is 2. The molecule has 0 atom stereocenters. The number of amides is 1. The van der Waals surface area contributed by atoms with Gasteiger partial charge in [-0.1, -0.05) is 11.8 Å². The van der Waals surface area contributed by atoms with Crippen molar-refractivity contribution in [3.63, 3.8) is 0 Å². The predicted octanol–water partition coefficient (Wildman–Crippen LogP) is 2.95. The summed E-state index contributed by atoms with van der Waals surface area (Å²) in [5.74, 6) is 0.0340. The SMILES string of the molecule is O=C(CC1=CSC2=NCCN12)Nc1nc2scc(-c3ccc([N+](=O)[O-])cc3)n2n1. The van der Waals surface area contributed by atoms with Crippen LogP contribution < -0.4 is 5.32 Å². The molecule has 0 saturated carbocycles. The van der Waals surface area contributed by atoms with Crippen LogP contribution in [-0.2, 0) is 4.79 Å². The number of hydrogen-bond acceptors (Lipinski definition) is 9. The maximum Gasteiger partial charge on any atom is 0.269 e. The maximum absolute atomic E-state index is 12.4. The lowest BCUT2D eigenvalue weighted by molar-refractivity contribution is -0.384. The van der Waals surface area contributed by atoms with Gasteiger partial charge >= 0.3 is 0 Å². The first-order valence-corrected chi connectivity index (χ1v) is 10.4. The first-order chi connectivity index (χ1) is 14.1. The molecule has 4 heterocycles. The van der Waals surface area contributed by atoms with Crippen LogP contribution in [0.2, 0.25) is 0 Å². The minimum Gasteiger partial charge on any atom is -0.322 e. The molecule has 0 radical (unpaired) electrons. The molecule has 2 aliphatic heterocycles. The summed E-state index contributed by atoms with van der Waals surface area (Å²) in [4.78, 5) is 34.2. The molecule has 0 spiro atoms. The summed E-state index contributed by atoms with van der Waals surface area (Å²) in [5.41, 5.74) is 2.48. The van der Waals surface area contributed by atoms with Gasteiger partial charge in [-0.25, -0.2) is 4.52 Å². The molecule has 10 nitrogen and oxygen atoms in total. The summed E-state index contributed by atoms with van der Waals surface area (Å²) in [6, 6.07) is 6.22. The molecular formula is C17H13N7O3S2. The number of nitrogens with one attached hydrogen (secondary N) is 1. The van der Waals surface area contributed by atoms with Crippen LogP contribution in [0.3, 0.4) is 0 Å². The van der Waals surface area contributed by atoms with Crippen LogP contribution in [0.5, 0.6) is 0 Å². The Balaban J connectivity index is 1.32. The number of rotatable bonds is 5. The number of anilines is 1. The monoisotopic (exact) mass is 427 g/mol. The number of aromatic nitrogens is 3. The number of amidine groups is 1. The summed E-state index contributed by atoms with van der Waals surface area (Å²) in [6.45, 7) is 1.56. The maximum atomic E-state index is 12.4. The van der Waals surface area contributed by atoms with Gasteiger partial charge in [0.15, 0.2) is 5.17 Å². The summed E-state index contributed by atoms with van der Waals surface area (Å²) < 4.78 is 1.62. The van der Waals surface area contributed by atoms with Gasteiger partial charge in [0.2, 0.25) is 16.8 Å². The van der Waals surface area contributed by atoms with Crippen LogP contribution in [0.25, 0.3) is 16.2 Å². The Morgan fingerprint density at radius 1 is 1.31 bits per heavy atom. The van der Waals surface area contributed by atoms with Gasteiger partial charge in [0.05, 0.1) is 23.6 Å². The highest BCUT2D eigenvalue weighted by molar-refractivity contribution is 8.16. The lowest BCUT2D eigenvalue weighted by Gasteiger charge is -2.15. The smallest absolute Gasteiger partial charge is 0.269 e. The number of hydrogen-bond donors (Lipinski definition) is 1. The first kappa shape index (κ1) is 17.8. The van der Waals surface area contributed by atoms with Gasteiger partial charge in [-0.2, -0.15) is 4.98 Å². The second-order valence-corrected chi connectivity index (χ2v) is 8.00. The van der Waals surface area contributed by atoms with Crippen molar-refractivity contribution in [2.45, 2.75) is 6.42 Å². The number of aliphatic imine (C=N–C) groups is 1. The molecule has 1 aromatic carbocycles. The van der Waals surface area contributed by atoms with E-state index in [1.165, 1.54) is 35.2 Å². The summed E-state index contributed by atoms with van der Waals surface area (Å²) in [6.07, 6.45) is 0.230. The number of nitrogens with zero attached hydrogens (tertiary/aromatic N) is 6. The van der Waals surface area contributed by atoms with Gasteiger partial charge in [0.1, 0.15) is 0 Å². The van der Waals surface area contributed by atoms with E-state index in [0.29, 0.717) is 4.96 Å². The van der Waals surface area contributed by atoms with Crippen molar-refractivity contribution >= 4 is 50.8 Å². The number of nitro groups is 1. The molecule has 146 valence electrons. The highest BCUT2D eigenvalue weighted by Gasteiger charge is 2.27. The van der Waals surface area contributed by atoms with E-state index in [1.807, 2.05) is 10.8 Å². The zero-order chi connectivity index (χ0) is 20.0. The molecule has 5 rings (SSSR count). The Hall–Kier alpha value is -3.25. The molecule has 29 heavy (non-hydrogen) atoms. The molecule has 2 aromatic heterocycles. The molecule has 1 N–H and O–H groups in total. The summed E-state index contributed by atoms with van der Waals surface area (Å²) >= 11 is 2.91. The van der Waals surface area contributed by atoms with Crippen molar-refractivity contribution < 1.29 is 9.72 Å². The summed E-state index contributed by atoms with van der Waals surface area (Å²) in [5, 5.41) is 22.7. The van der Waals surface area contributed by atoms with E-state index in [0.717, 1.165) is 35.2 Å². The van der Waals surface area contributed by atoms with Gasteiger partial charge in [-0.3, -0.25) is 25.2 Å². The third kappa shape index (κ3) is 3.25. The quantitative estimate of drug-likeness (QED) is 0.491. The Morgan fingerprint density at radius 2 is 2.14 bits per heavy atom. The number of thioether (sulfide) groups is 1. The fraction of sp³-hybridized carbons (Fsp3) is 0.176. The van der Waals surface area contributed by atoms with E-state index in [1.54, 1.807) is 16.6 Å². The zero-order valence-electron chi connectivity index (χ0n) is 14.8. The third-order valence-electron chi connectivity index (χ3n) is 4.50. The number of nitro benzene ring substituents is 1. The molecule has 12 heteroatoms. The van der Waals surface area contributed by atoms with E-state index in [2.05, 4.69) is 25.3 Å². The van der Waals surface area contributed by atoms with Crippen molar-refractivity contribution in [1.29, 1.82) is 0 Å². The van der Waals surface area contributed by atoms with Crippen LogP contribution in [0.1, 0.15) is 6.42 Å². The Morgan fingerprint density at radius 3 is 2.93 bits per heavy atom. The van der Waals surface area contributed by atoms with Gasteiger partial charge < -0.3 is 4.90 Å². The third-order valence-corrected chi connectivity index (χ3v) is 6.26. The lowest BCUT2D eigenvalue weighted by atomic mass is 10.1. The minimum absolute atomic E-state index is 0.0253. The molecule has 0 bridgehead atoms. The Kier molecular flexibility index (Phi) is 4.28. The van der Waals surface area contributed by atoms with Crippen LogP contribution in [-0.4, -0.2) is 48.6 Å². The molecule has 3 aromatic rings. The average molecular weight is 427 g/mol. The number of non-ortho nitro benzene ring substituents is 1. The summed E-state index contributed by atoms with van der Waals surface area (Å²) in [7, 11) is 0. The van der Waals surface area contributed by atoms with E-state index in [-0.39, 0.29) is 24.0 Å². The molecular weight excluding hydrogens is 414 g/mol. The predicted molar refractivity (Wildman–Crippen MR) is 111 cm³/mol. The number of thiazole rings is 1. The number of benzene rings is 1. The second kappa shape index (κ2) is 6.97.